The van der Waals surface area contributed by atoms with Crippen LogP contribution in [-0.2, 0) is 16.1 Å². The number of rotatable bonds is 10. The molecule has 0 radical (unpaired) electrons. The van der Waals surface area contributed by atoms with Crippen LogP contribution in [0.15, 0.2) is 48.5 Å². The summed E-state index contributed by atoms with van der Waals surface area (Å²) >= 11 is 0. The number of hydrogen-bond acceptors (Lipinski definition) is 5. The van der Waals surface area contributed by atoms with Crippen LogP contribution in [0, 0.1) is 5.92 Å². The Morgan fingerprint density at radius 1 is 1.05 bits per heavy atom. The third kappa shape index (κ3) is 6.18. The Hall–Kier alpha value is -3.39. The van der Waals surface area contributed by atoms with Crippen LogP contribution in [0.4, 0.5) is 0 Å². The molecule has 4 rings (SSSR count). The smallest absolute Gasteiger partial charge is 0.248 e. The van der Waals surface area contributed by atoms with Crippen LogP contribution >= 0.6 is 0 Å². The van der Waals surface area contributed by atoms with Gasteiger partial charge in [0.2, 0.25) is 17.7 Å². The summed E-state index contributed by atoms with van der Waals surface area (Å²) in [6.45, 7) is 9.20. The molecule has 3 amide bonds. The number of unbranched alkanes of at least 4 members (excludes halogenated alkanes) is 1. The SMILES string of the molecule is CCCCN1C(=O)C(CC(C)C)NC(=O)C12CCN(Cc1ccc(Oc3ccc(C(N)=O)cc3)cc1)CC2. The summed E-state index contributed by atoms with van der Waals surface area (Å²) < 4.78 is 5.88. The van der Waals surface area contributed by atoms with Crippen molar-refractivity contribution in [3.05, 3.63) is 59.7 Å². The summed E-state index contributed by atoms with van der Waals surface area (Å²) in [5, 5.41) is 3.08. The third-order valence-electron chi connectivity index (χ3n) is 7.64. The van der Waals surface area contributed by atoms with Gasteiger partial charge in [-0.15, -0.1) is 0 Å². The lowest BCUT2D eigenvalue weighted by molar-refractivity contribution is -0.161. The molecular formula is C30H40N4O4. The van der Waals surface area contributed by atoms with Gasteiger partial charge in [-0.25, -0.2) is 0 Å². The molecule has 2 fully saturated rings. The van der Waals surface area contributed by atoms with Crippen molar-refractivity contribution >= 4 is 17.7 Å². The summed E-state index contributed by atoms with van der Waals surface area (Å²) in [4.78, 5) is 42.4. The van der Waals surface area contributed by atoms with E-state index in [1.807, 2.05) is 29.2 Å². The van der Waals surface area contributed by atoms with Gasteiger partial charge in [-0.05, 0) is 73.6 Å². The zero-order valence-corrected chi connectivity index (χ0v) is 22.7. The molecule has 2 aromatic rings. The average molecular weight is 521 g/mol. The van der Waals surface area contributed by atoms with E-state index in [2.05, 4.69) is 31.0 Å². The lowest BCUT2D eigenvalue weighted by Crippen LogP contribution is -2.73. The molecule has 0 bridgehead atoms. The second kappa shape index (κ2) is 12.0. The molecule has 2 heterocycles. The number of nitrogens with one attached hydrogen (secondary N) is 1. The number of primary amides is 1. The summed E-state index contributed by atoms with van der Waals surface area (Å²) in [6.07, 6.45) is 3.85. The van der Waals surface area contributed by atoms with Crippen LogP contribution in [0.5, 0.6) is 11.5 Å². The van der Waals surface area contributed by atoms with Crippen molar-refractivity contribution in [2.45, 2.75) is 71.0 Å². The van der Waals surface area contributed by atoms with Gasteiger partial charge in [0.15, 0.2) is 0 Å². The normalized spacial score (nSPS) is 19.6. The molecule has 1 atom stereocenters. The number of piperazine rings is 1. The Morgan fingerprint density at radius 3 is 2.21 bits per heavy atom. The van der Waals surface area contributed by atoms with Gasteiger partial charge in [0, 0.05) is 31.7 Å². The Labute approximate surface area is 225 Å². The number of carbonyl (C=O) groups excluding carboxylic acids is 3. The zero-order valence-electron chi connectivity index (χ0n) is 22.7. The number of amides is 3. The minimum absolute atomic E-state index is 0.0175. The van der Waals surface area contributed by atoms with Crippen molar-refractivity contribution in [1.29, 1.82) is 0 Å². The molecule has 2 aromatic carbocycles. The van der Waals surface area contributed by atoms with Gasteiger partial charge in [-0.3, -0.25) is 19.3 Å². The highest BCUT2D eigenvalue weighted by molar-refractivity contribution is 6.00. The van der Waals surface area contributed by atoms with Crippen molar-refractivity contribution < 1.29 is 19.1 Å². The van der Waals surface area contributed by atoms with E-state index in [9.17, 15) is 14.4 Å². The Morgan fingerprint density at radius 2 is 1.66 bits per heavy atom. The maximum atomic E-state index is 13.4. The van der Waals surface area contributed by atoms with Gasteiger partial charge >= 0.3 is 0 Å². The minimum Gasteiger partial charge on any atom is -0.457 e. The highest BCUT2D eigenvalue weighted by Crippen LogP contribution is 2.35. The van der Waals surface area contributed by atoms with Crippen molar-refractivity contribution in [1.82, 2.24) is 15.1 Å². The third-order valence-corrected chi connectivity index (χ3v) is 7.64. The molecule has 8 nitrogen and oxygen atoms in total. The van der Waals surface area contributed by atoms with E-state index in [0.717, 1.165) is 38.0 Å². The van der Waals surface area contributed by atoms with Crippen LogP contribution in [0.2, 0.25) is 0 Å². The van der Waals surface area contributed by atoms with Crippen molar-refractivity contribution in [2.24, 2.45) is 11.7 Å². The lowest BCUT2D eigenvalue weighted by Gasteiger charge is -2.52. The van der Waals surface area contributed by atoms with E-state index < -0.39 is 17.5 Å². The van der Waals surface area contributed by atoms with Gasteiger partial charge in [-0.2, -0.15) is 0 Å². The fraction of sp³-hybridized carbons (Fsp3) is 0.500. The van der Waals surface area contributed by atoms with E-state index >= 15 is 0 Å². The molecule has 0 saturated carbocycles. The summed E-state index contributed by atoms with van der Waals surface area (Å²) in [5.74, 6) is 1.31. The largest absolute Gasteiger partial charge is 0.457 e. The lowest BCUT2D eigenvalue weighted by atomic mass is 9.80. The Balaban J connectivity index is 1.36. The molecule has 3 N–H and O–H groups in total. The second-order valence-electron chi connectivity index (χ2n) is 10.9. The number of piperidine rings is 1. The predicted octanol–water partition coefficient (Wildman–Crippen LogP) is 4.09. The zero-order chi connectivity index (χ0) is 27.3. The maximum absolute atomic E-state index is 13.4. The van der Waals surface area contributed by atoms with Crippen molar-refractivity contribution in [3.63, 3.8) is 0 Å². The summed E-state index contributed by atoms with van der Waals surface area (Å²) in [5.41, 5.74) is 6.15. The number of benzene rings is 2. The number of ether oxygens (including phenoxy) is 1. The van der Waals surface area contributed by atoms with E-state index in [0.29, 0.717) is 48.8 Å². The number of nitrogens with two attached hydrogens (primary N) is 1. The molecule has 0 aromatic heterocycles. The van der Waals surface area contributed by atoms with E-state index in [1.54, 1.807) is 24.3 Å². The van der Waals surface area contributed by atoms with Crippen LogP contribution in [0.3, 0.4) is 0 Å². The van der Waals surface area contributed by atoms with Gasteiger partial charge < -0.3 is 20.7 Å². The van der Waals surface area contributed by atoms with E-state index in [4.69, 9.17) is 10.5 Å². The number of carbonyl (C=O) groups is 3. The highest BCUT2D eigenvalue weighted by Gasteiger charge is 2.53. The first-order valence-corrected chi connectivity index (χ1v) is 13.7. The van der Waals surface area contributed by atoms with Crippen LogP contribution in [0.1, 0.15) is 68.8 Å². The molecule has 1 unspecified atom stereocenters. The monoisotopic (exact) mass is 520 g/mol. The van der Waals surface area contributed by atoms with Gasteiger partial charge in [0.05, 0.1) is 0 Å². The first-order valence-electron chi connectivity index (χ1n) is 13.7. The molecular weight excluding hydrogens is 480 g/mol. The number of hydrogen-bond donors (Lipinski definition) is 2. The summed E-state index contributed by atoms with van der Waals surface area (Å²) in [7, 11) is 0. The molecule has 204 valence electrons. The van der Waals surface area contributed by atoms with Gasteiger partial charge in [0.1, 0.15) is 23.1 Å². The van der Waals surface area contributed by atoms with E-state index in [1.165, 1.54) is 0 Å². The Kier molecular flexibility index (Phi) is 8.72. The van der Waals surface area contributed by atoms with Crippen LogP contribution in [-0.4, -0.2) is 58.7 Å². The number of likely N-dealkylation sites (tertiary alicyclic amines) is 1. The fourth-order valence-electron chi connectivity index (χ4n) is 5.47. The average Bonchev–Trinajstić information content (AvgIpc) is 2.89. The molecule has 1 spiro atoms. The van der Waals surface area contributed by atoms with Crippen LogP contribution < -0.4 is 15.8 Å². The molecule has 2 saturated heterocycles. The fourth-order valence-corrected chi connectivity index (χ4v) is 5.47. The second-order valence-corrected chi connectivity index (χ2v) is 10.9. The Bertz CT molecular complexity index is 1120. The van der Waals surface area contributed by atoms with Crippen molar-refractivity contribution in [2.75, 3.05) is 19.6 Å². The summed E-state index contributed by atoms with van der Waals surface area (Å²) in [6, 6.07) is 14.2. The van der Waals surface area contributed by atoms with Gasteiger partial charge in [-0.1, -0.05) is 39.3 Å². The number of nitrogens with zero attached hydrogens (tertiary/aromatic N) is 2. The molecule has 38 heavy (non-hydrogen) atoms. The first-order chi connectivity index (χ1) is 18.2. The minimum atomic E-state index is -0.738. The first kappa shape index (κ1) is 27.6. The molecule has 2 aliphatic rings. The van der Waals surface area contributed by atoms with E-state index in [-0.39, 0.29) is 11.8 Å². The predicted molar refractivity (Wildman–Crippen MR) is 147 cm³/mol. The highest BCUT2D eigenvalue weighted by atomic mass is 16.5. The standard InChI is InChI=1S/C30H40N4O4/c1-4-5-16-34-28(36)26(19-21(2)3)32-29(37)30(34)14-17-33(18-15-30)20-22-6-10-24(11-7-22)38-25-12-8-23(9-13-25)27(31)35/h6-13,21,26H,4-5,14-20H2,1-3H3,(H2,31,35)(H,32,37). The molecule has 0 aliphatic carbocycles. The maximum Gasteiger partial charge on any atom is 0.248 e. The van der Waals surface area contributed by atoms with Crippen molar-refractivity contribution in [3.8, 4) is 11.5 Å². The quantitative estimate of drug-likeness (QED) is 0.491. The van der Waals surface area contributed by atoms with Gasteiger partial charge in [0.25, 0.3) is 0 Å². The molecule has 8 heteroatoms. The molecule has 2 aliphatic heterocycles. The topological polar surface area (TPSA) is 105 Å². The van der Waals surface area contributed by atoms with Crippen LogP contribution in [0.25, 0.3) is 0 Å².